The Bertz CT molecular complexity index is 974. The van der Waals surface area contributed by atoms with Crippen LogP contribution in [0.2, 0.25) is 0 Å². The third-order valence-electron chi connectivity index (χ3n) is 7.30. The number of rotatable bonds is 17. The van der Waals surface area contributed by atoms with Crippen molar-refractivity contribution in [2.75, 3.05) is 0 Å². The van der Waals surface area contributed by atoms with Gasteiger partial charge in [0.1, 0.15) is 0 Å². The first kappa shape index (κ1) is 33.3. The maximum Gasteiger partial charge on any atom is 0.0636 e. The summed E-state index contributed by atoms with van der Waals surface area (Å²) in [6.45, 7) is 13.5. The van der Waals surface area contributed by atoms with E-state index in [0.717, 1.165) is 56.3 Å². The number of aliphatic imine (C=N–C) groups is 2. The fourth-order valence-electron chi connectivity index (χ4n) is 4.97. The number of unbranched alkanes of at least 4 members (excludes halogenated alkanes) is 6. The molecule has 0 radical (unpaired) electrons. The Morgan fingerprint density at radius 3 is 1.32 bits per heavy atom. The monoisotopic (exact) mass is 546 g/mol. The summed E-state index contributed by atoms with van der Waals surface area (Å²) in [4.78, 5) is 10.6. The normalized spacial score (nSPS) is 12.1. The molecular formula is C34H52N2Ni. The Balaban J connectivity index is 0.00000684. The molecule has 0 spiro atoms. The van der Waals surface area contributed by atoms with Crippen molar-refractivity contribution in [2.24, 2.45) is 9.98 Å². The van der Waals surface area contributed by atoms with Gasteiger partial charge in [-0.05, 0) is 97.9 Å². The van der Waals surface area contributed by atoms with Crippen molar-refractivity contribution in [1.29, 1.82) is 0 Å². The van der Waals surface area contributed by atoms with Gasteiger partial charge in [0, 0.05) is 16.5 Å². The maximum atomic E-state index is 5.29. The van der Waals surface area contributed by atoms with Crippen molar-refractivity contribution in [1.82, 2.24) is 0 Å². The van der Waals surface area contributed by atoms with Crippen LogP contribution in [0.1, 0.15) is 128 Å². The molecule has 0 aliphatic carbocycles. The molecule has 0 amide bonds. The predicted octanol–water partition coefficient (Wildman–Crippen LogP) is 10.7. The van der Waals surface area contributed by atoms with Gasteiger partial charge in [0.05, 0.1) is 22.8 Å². The number of hydrogen-bond acceptors (Lipinski definition) is 2. The number of aryl methyl sites for hydroxylation is 4. The minimum atomic E-state index is 0. The molecule has 0 heterocycles. The smallest absolute Gasteiger partial charge is 0.0636 e. The molecule has 0 saturated carbocycles. The minimum absolute atomic E-state index is 0. The molecule has 0 N–H and O–H groups in total. The Morgan fingerprint density at radius 2 is 0.892 bits per heavy atom. The minimum Gasteiger partial charge on any atom is -0.252 e. The van der Waals surface area contributed by atoms with Gasteiger partial charge in [0.25, 0.3) is 0 Å². The van der Waals surface area contributed by atoms with Crippen molar-refractivity contribution in [2.45, 2.75) is 131 Å². The molecule has 0 bridgehead atoms. The molecule has 2 rings (SSSR count). The summed E-state index contributed by atoms with van der Waals surface area (Å²) in [5, 5.41) is 0. The van der Waals surface area contributed by atoms with Crippen LogP contribution >= 0.6 is 0 Å². The van der Waals surface area contributed by atoms with E-state index in [0.29, 0.717) is 0 Å². The number of hydrogen-bond donors (Lipinski definition) is 0. The standard InChI is InChI=1S/C34H52N2.Ni/c1-7-13-15-16-17-18-20-34(36-32-24-22-28(10-4)30(12-6)26-32)33(19-14-8-2)35-31-23-21-27(9-3)29(11-5)25-31;/h21-26H,7-20H2,1-6H3;. The Kier molecular flexibility index (Phi) is 17.4. The zero-order valence-corrected chi connectivity index (χ0v) is 25.6. The van der Waals surface area contributed by atoms with Crippen molar-refractivity contribution in [3.05, 3.63) is 58.7 Å². The summed E-state index contributed by atoms with van der Waals surface area (Å²) in [7, 11) is 0. The summed E-state index contributed by atoms with van der Waals surface area (Å²) in [5.74, 6) is 0. The second kappa shape index (κ2) is 19.4. The van der Waals surface area contributed by atoms with Crippen molar-refractivity contribution < 1.29 is 16.5 Å². The van der Waals surface area contributed by atoms with Gasteiger partial charge in [0.2, 0.25) is 0 Å². The second-order valence-corrected chi connectivity index (χ2v) is 10.1. The molecule has 2 nitrogen and oxygen atoms in total. The predicted molar refractivity (Wildman–Crippen MR) is 162 cm³/mol. The molecule has 0 fully saturated rings. The average Bonchev–Trinajstić information content (AvgIpc) is 2.91. The first-order valence-corrected chi connectivity index (χ1v) is 15.0. The van der Waals surface area contributed by atoms with E-state index in [9.17, 15) is 0 Å². The van der Waals surface area contributed by atoms with Gasteiger partial charge in [-0.15, -0.1) is 0 Å². The molecule has 0 aromatic heterocycles. The third kappa shape index (κ3) is 11.3. The van der Waals surface area contributed by atoms with Crippen LogP contribution in [0.25, 0.3) is 0 Å². The Labute approximate surface area is 238 Å². The molecule has 2 aromatic carbocycles. The van der Waals surface area contributed by atoms with E-state index >= 15 is 0 Å². The summed E-state index contributed by atoms with van der Waals surface area (Å²) in [6, 6.07) is 13.6. The molecule has 3 heteroatoms. The Morgan fingerprint density at radius 1 is 0.486 bits per heavy atom. The SMILES string of the molecule is CCCCCCCCC(=Nc1ccc(CC)c(CC)c1)C(CCCC)=Nc1ccc(CC)c(CC)c1.[Ni]. The molecule has 0 aliphatic heterocycles. The molecule has 2 aromatic rings. The summed E-state index contributed by atoms with van der Waals surface area (Å²) in [6.07, 6.45) is 16.4. The van der Waals surface area contributed by atoms with Crippen LogP contribution in [-0.2, 0) is 42.2 Å². The van der Waals surface area contributed by atoms with Crippen LogP contribution in [-0.4, -0.2) is 11.4 Å². The zero-order valence-electron chi connectivity index (χ0n) is 24.6. The summed E-state index contributed by atoms with van der Waals surface area (Å²) in [5.41, 5.74) is 10.3. The fourth-order valence-corrected chi connectivity index (χ4v) is 4.97. The molecule has 0 aliphatic rings. The molecule has 37 heavy (non-hydrogen) atoms. The van der Waals surface area contributed by atoms with E-state index in [1.165, 1.54) is 78.6 Å². The zero-order chi connectivity index (χ0) is 26.2. The van der Waals surface area contributed by atoms with E-state index in [4.69, 9.17) is 9.98 Å². The largest absolute Gasteiger partial charge is 0.252 e. The third-order valence-corrected chi connectivity index (χ3v) is 7.30. The molecular weight excluding hydrogens is 495 g/mol. The van der Waals surface area contributed by atoms with Crippen molar-refractivity contribution in [3.8, 4) is 0 Å². The molecule has 0 saturated heterocycles. The quantitative estimate of drug-likeness (QED) is 0.107. The van der Waals surface area contributed by atoms with Crippen LogP contribution in [0.3, 0.4) is 0 Å². The van der Waals surface area contributed by atoms with Gasteiger partial charge in [-0.3, -0.25) is 9.98 Å². The molecule has 0 atom stereocenters. The van der Waals surface area contributed by atoms with Gasteiger partial charge in [-0.2, -0.15) is 0 Å². The van der Waals surface area contributed by atoms with Gasteiger partial charge in [-0.1, -0.05) is 92.2 Å². The molecule has 0 unspecified atom stereocenters. The van der Waals surface area contributed by atoms with Gasteiger partial charge < -0.3 is 0 Å². The first-order chi connectivity index (χ1) is 17.6. The van der Waals surface area contributed by atoms with Crippen molar-refractivity contribution >= 4 is 22.8 Å². The summed E-state index contributed by atoms with van der Waals surface area (Å²) < 4.78 is 0. The Hall–Kier alpha value is -1.73. The molecule has 208 valence electrons. The van der Waals surface area contributed by atoms with Crippen LogP contribution in [0.15, 0.2) is 46.4 Å². The van der Waals surface area contributed by atoms with E-state index in [1.54, 1.807) is 0 Å². The van der Waals surface area contributed by atoms with Gasteiger partial charge >= 0.3 is 0 Å². The van der Waals surface area contributed by atoms with E-state index in [2.05, 4.69) is 77.9 Å². The number of benzene rings is 2. The van der Waals surface area contributed by atoms with E-state index in [-0.39, 0.29) is 16.5 Å². The number of nitrogens with zero attached hydrogens (tertiary/aromatic N) is 2. The second-order valence-electron chi connectivity index (χ2n) is 10.1. The van der Waals surface area contributed by atoms with Crippen LogP contribution in [0, 0.1) is 0 Å². The topological polar surface area (TPSA) is 24.7 Å². The average molecular weight is 547 g/mol. The van der Waals surface area contributed by atoms with Crippen LogP contribution in [0.5, 0.6) is 0 Å². The van der Waals surface area contributed by atoms with E-state index in [1.807, 2.05) is 0 Å². The summed E-state index contributed by atoms with van der Waals surface area (Å²) >= 11 is 0. The van der Waals surface area contributed by atoms with Crippen LogP contribution in [0.4, 0.5) is 11.4 Å². The van der Waals surface area contributed by atoms with Gasteiger partial charge in [-0.25, -0.2) is 0 Å². The fraction of sp³-hybridized carbons (Fsp3) is 0.588. The van der Waals surface area contributed by atoms with Crippen LogP contribution < -0.4 is 0 Å². The maximum absolute atomic E-state index is 5.29. The van der Waals surface area contributed by atoms with Gasteiger partial charge in [0.15, 0.2) is 0 Å². The van der Waals surface area contributed by atoms with E-state index < -0.39 is 0 Å². The van der Waals surface area contributed by atoms with Crippen molar-refractivity contribution in [3.63, 3.8) is 0 Å². The first-order valence-electron chi connectivity index (χ1n) is 15.0.